The molecule has 0 radical (unpaired) electrons. The van der Waals surface area contributed by atoms with Crippen molar-refractivity contribution in [3.63, 3.8) is 0 Å². The molecule has 0 saturated carbocycles. The lowest BCUT2D eigenvalue weighted by Crippen LogP contribution is -2.04. The summed E-state index contributed by atoms with van der Waals surface area (Å²) in [6.07, 6.45) is -2.65. The summed E-state index contributed by atoms with van der Waals surface area (Å²) in [7, 11) is 0. The quantitative estimate of drug-likeness (QED) is 0.679. The molecular weight excluding hydrogens is 301 g/mol. The first-order valence-corrected chi connectivity index (χ1v) is 6.99. The number of aromatic nitrogens is 3. The second-order valence-electron chi connectivity index (χ2n) is 4.22. The molecule has 1 aromatic carbocycles. The number of hydrogen-bond acceptors (Lipinski definition) is 4. The van der Waals surface area contributed by atoms with Gasteiger partial charge < -0.3 is 5.73 Å². The van der Waals surface area contributed by atoms with Crippen molar-refractivity contribution in [2.24, 2.45) is 0 Å². The summed E-state index contributed by atoms with van der Waals surface area (Å²) in [5, 5.41) is 8.30. The minimum Gasteiger partial charge on any atom is -0.368 e. The fraction of sp³-hybridized carbons (Fsp3) is 0.231. The van der Waals surface area contributed by atoms with Crippen molar-refractivity contribution in [2.45, 2.75) is 23.6 Å². The van der Waals surface area contributed by atoms with E-state index < -0.39 is 11.7 Å². The Labute approximate surface area is 123 Å². The third-order valence-corrected chi connectivity index (χ3v) is 3.74. The third-order valence-electron chi connectivity index (χ3n) is 2.71. The number of nitrogen functional groups attached to an aromatic ring is 1. The minimum atomic E-state index is -4.32. The zero-order valence-electron chi connectivity index (χ0n) is 11.0. The number of halogens is 3. The number of allylic oxidation sites excluding steroid dienone is 1. The van der Waals surface area contributed by atoms with E-state index in [4.69, 9.17) is 5.73 Å². The Kier molecular flexibility index (Phi) is 4.56. The van der Waals surface area contributed by atoms with E-state index in [9.17, 15) is 13.2 Å². The van der Waals surface area contributed by atoms with Gasteiger partial charge in [-0.3, -0.25) is 4.57 Å². The number of anilines is 1. The van der Waals surface area contributed by atoms with Gasteiger partial charge in [-0.05, 0) is 17.7 Å². The van der Waals surface area contributed by atoms with Crippen LogP contribution in [0.1, 0.15) is 11.1 Å². The highest BCUT2D eigenvalue weighted by Gasteiger charge is 2.29. The number of nitrogens with zero attached hydrogens (tertiary/aromatic N) is 3. The van der Waals surface area contributed by atoms with Crippen molar-refractivity contribution in [3.8, 4) is 0 Å². The normalized spacial score (nSPS) is 11.6. The summed E-state index contributed by atoms with van der Waals surface area (Å²) in [5.41, 5.74) is 5.77. The molecule has 1 heterocycles. The molecule has 21 heavy (non-hydrogen) atoms. The van der Waals surface area contributed by atoms with Crippen LogP contribution >= 0.6 is 11.8 Å². The van der Waals surface area contributed by atoms with Crippen LogP contribution in [0.5, 0.6) is 0 Å². The number of hydrogen-bond donors (Lipinski definition) is 1. The van der Waals surface area contributed by atoms with Gasteiger partial charge in [0, 0.05) is 12.3 Å². The van der Waals surface area contributed by atoms with E-state index in [0.29, 0.717) is 17.5 Å². The maximum absolute atomic E-state index is 12.5. The van der Waals surface area contributed by atoms with E-state index in [0.717, 1.165) is 17.7 Å². The highest BCUT2D eigenvalue weighted by molar-refractivity contribution is 7.98. The first-order chi connectivity index (χ1) is 9.91. The second kappa shape index (κ2) is 6.21. The highest BCUT2D eigenvalue weighted by atomic mass is 32.2. The number of thioether (sulfide) groups is 1. The SMILES string of the molecule is C=CCn1c(N)nnc1SCc1ccc(C(F)(F)F)cc1. The number of nitrogens with two attached hydrogens (primary N) is 1. The summed E-state index contributed by atoms with van der Waals surface area (Å²) in [6, 6.07) is 5.04. The Hall–Kier alpha value is -1.96. The molecule has 112 valence electrons. The molecular formula is C13H13F3N4S. The van der Waals surface area contributed by atoms with E-state index in [2.05, 4.69) is 16.8 Å². The Morgan fingerprint density at radius 3 is 2.48 bits per heavy atom. The standard InChI is InChI=1S/C13H13F3N4S/c1-2-7-20-11(17)18-19-12(20)21-8-9-3-5-10(6-4-9)13(14,15)16/h2-6H,1,7-8H2,(H2,17,18). The van der Waals surface area contributed by atoms with Gasteiger partial charge in [0.2, 0.25) is 5.95 Å². The molecule has 0 atom stereocenters. The average Bonchev–Trinajstić information content (AvgIpc) is 2.78. The summed E-state index contributed by atoms with van der Waals surface area (Å²) < 4.78 is 39.1. The van der Waals surface area contributed by atoms with Gasteiger partial charge in [-0.25, -0.2) is 0 Å². The molecule has 2 aromatic rings. The van der Waals surface area contributed by atoms with Crippen molar-refractivity contribution in [1.82, 2.24) is 14.8 Å². The largest absolute Gasteiger partial charge is 0.416 e. The lowest BCUT2D eigenvalue weighted by Gasteiger charge is -2.08. The van der Waals surface area contributed by atoms with E-state index in [1.165, 1.54) is 23.9 Å². The number of rotatable bonds is 5. The van der Waals surface area contributed by atoms with Crippen molar-refractivity contribution in [2.75, 3.05) is 5.73 Å². The zero-order chi connectivity index (χ0) is 15.5. The predicted octanol–water partition coefficient (Wildman–Crippen LogP) is 3.36. The summed E-state index contributed by atoms with van der Waals surface area (Å²) >= 11 is 1.35. The molecule has 2 rings (SSSR count). The first-order valence-electron chi connectivity index (χ1n) is 6.00. The molecule has 0 aliphatic rings. The van der Waals surface area contributed by atoms with E-state index in [1.54, 1.807) is 10.6 Å². The average molecular weight is 314 g/mol. The molecule has 0 aliphatic heterocycles. The van der Waals surface area contributed by atoms with Gasteiger partial charge in [0.1, 0.15) is 0 Å². The predicted molar refractivity (Wildman–Crippen MR) is 75.6 cm³/mol. The van der Waals surface area contributed by atoms with Gasteiger partial charge in [0.15, 0.2) is 5.16 Å². The topological polar surface area (TPSA) is 56.7 Å². The lowest BCUT2D eigenvalue weighted by molar-refractivity contribution is -0.137. The lowest BCUT2D eigenvalue weighted by atomic mass is 10.1. The molecule has 2 N–H and O–H groups in total. The zero-order valence-corrected chi connectivity index (χ0v) is 11.8. The molecule has 0 aliphatic carbocycles. The van der Waals surface area contributed by atoms with Crippen LogP contribution in [-0.4, -0.2) is 14.8 Å². The van der Waals surface area contributed by atoms with Crippen LogP contribution in [0.2, 0.25) is 0 Å². The Balaban J connectivity index is 2.05. The Morgan fingerprint density at radius 2 is 1.90 bits per heavy atom. The van der Waals surface area contributed by atoms with Crippen molar-refractivity contribution >= 4 is 17.7 Å². The third kappa shape index (κ3) is 3.78. The van der Waals surface area contributed by atoms with Crippen LogP contribution in [0.4, 0.5) is 19.1 Å². The van der Waals surface area contributed by atoms with Gasteiger partial charge in [-0.1, -0.05) is 30.0 Å². The van der Waals surface area contributed by atoms with Gasteiger partial charge in [0.05, 0.1) is 5.56 Å². The maximum Gasteiger partial charge on any atom is 0.416 e. The van der Waals surface area contributed by atoms with Gasteiger partial charge >= 0.3 is 6.18 Å². The molecule has 4 nitrogen and oxygen atoms in total. The second-order valence-corrected chi connectivity index (χ2v) is 5.17. The van der Waals surface area contributed by atoms with Crippen LogP contribution in [0, 0.1) is 0 Å². The Morgan fingerprint density at radius 1 is 1.24 bits per heavy atom. The van der Waals surface area contributed by atoms with E-state index >= 15 is 0 Å². The maximum atomic E-state index is 12.5. The van der Waals surface area contributed by atoms with Crippen LogP contribution in [0.15, 0.2) is 42.1 Å². The molecule has 0 saturated heterocycles. The van der Waals surface area contributed by atoms with Crippen molar-refractivity contribution < 1.29 is 13.2 Å². The monoisotopic (exact) mass is 314 g/mol. The van der Waals surface area contributed by atoms with Crippen LogP contribution in [0.25, 0.3) is 0 Å². The summed E-state index contributed by atoms with van der Waals surface area (Å²) in [4.78, 5) is 0. The van der Waals surface area contributed by atoms with Crippen LogP contribution in [0.3, 0.4) is 0 Å². The van der Waals surface area contributed by atoms with Crippen molar-refractivity contribution in [3.05, 3.63) is 48.0 Å². The fourth-order valence-corrected chi connectivity index (χ4v) is 2.56. The van der Waals surface area contributed by atoms with Gasteiger partial charge in [-0.15, -0.1) is 16.8 Å². The first kappa shape index (κ1) is 15.4. The molecule has 0 spiro atoms. The van der Waals surface area contributed by atoms with Crippen LogP contribution < -0.4 is 5.73 Å². The van der Waals surface area contributed by atoms with Gasteiger partial charge in [0.25, 0.3) is 0 Å². The Bertz CT molecular complexity index is 619. The van der Waals surface area contributed by atoms with Crippen molar-refractivity contribution in [1.29, 1.82) is 0 Å². The number of alkyl halides is 3. The van der Waals surface area contributed by atoms with Crippen LogP contribution in [-0.2, 0) is 18.5 Å². The molecule has 0 fully saturated rings. The molecule has 1 aromatic heterocycles. The molecule has 8 heteroatoms. The number of benzene rings is 1. The summed E-state index contributed by atoms with van der Waals surface area (Å²) in [5.74, 6) is 0.762. The van der Waals surface area contributed by atoms with E-state index in [-0.39, 0.29) is 5.95 Å². The van der Waals surface area contributed by atoms with E-state index in [1.807, 2.05) is 0 Å². The minimum absolute atomic E-state index is 0.282. The van der Waals surface area contributed by atoms with Gasteiger partial charge in [-0.2, -0.15) is 13.2 Å². The smallest absolute Gasteiger partial charge is 0.368 e. The molecule has 0 unspecified atom stereocenters. The fourth-order valence-electron chi connectivity index (χ4n) is 1.65. The molecule has 0 amide bonds. The molecule has 0 bridgehead atoms. The summed E-state index contributed by atoms with van der Waals surface area (Å²) in [6.45, 7) is 4.10. The highest BCUT2D eigenvalue weighted by Crippen LogP contribution is 2.30.